The van der Waals surface area contributed by atoms with Gasteiger partial charge in [0.15, 0.2) is 5.11 Å². The average Bonchev–Trinajstić information content (AvgIpc) is 2.84. The number of carbonyl (C=O) groups excluding carboxylic acids is 2. The predicted molar refractivity (Wildman–Crippen MR) is 136 cm³/mol. The summed E-state index contributed by atoms with van der Waals surface area (Å²) in [6, 6.07) is 23.4. The number of hydrogen-bond donors (Lipinski definition) is 1. The van der Waals surface area contributed by atoms with E-state index in [-0.39, 0.29) is 10.7 Å². The second-order valence-corrected chi connectivity index (χ2v) is 7.72. The highest BCUT2D eigenvalue weighted by Crippen LogP contribution is 2.27. The fraction of sp³-hybridized carbons (Fsp3) is 0.0741. The fourth-order valence-corrected chi connectivity index (χ4v) is 3.49. The number of allylic oxidation sites excluding steroid dienone is 1. The van der Waals surface area contributed by atoms with Gasteiger partial charge < -0.3 is 9.47 Å². The summed E-state index contributed by atoms with van der Waals surface area (Å²) in [5, 5.41) is 2.62. The molecule has 4 rings (SSSR count). The molecule has 7 heteroatoms. The third-order valence-corrected chi connectivity index (χ3v) is 5.19. The van der Waals surface area contributed by atoms with Crippen LogP contribution in [0.5, 0.6) is 17.2 Å². The lowest BCUT2D eigenvalue weighted by molar-refractivity contribution is -0.122. The van der Waals surface area contributed by atoms with E-state index in [2.05, 4.69) is 5.32 Å². The van der Waals surface area contributed by atoms with Gasteiger partial charge in [-0.3, -0.25) is 19.8 Å². The molecule has 0 radical (unpaired) electrons. The van der Waals surface area contributed by atoms with E-state index in [1.165, 1.54) is 11.0 Å². The van der Waals surface area contributed by atoms with Crippen LogP contribution < -0.4 is 19.7 Å². The Hall–Kier alpha value is -4.23. The monoisotopic (exact) mass is 470 g/mol. The first-order valence-corrected chi connectivity index (χ1v) is 11.1. The van der Waals surface area contributed by atoms with Gasteiger partial charge in [-0.05, 0) is 84.9 Å². The Morgan fingerprint density at radius 1 is 0.882 bits per heavy atom. The van der Waals surface area contributed by atoms with Gasteiger partial charge in [0.1, 0.15) is 22.8 Å². The highest BCUT2D eigenvalue weighted by molar-refractivity contribution is 7.80. The van der Waals surface area contributed by atoms with E-state index in [1.54, 1.807) is 54.8 Å². The minimum atomic E-state index is -0.540. The molecule has 3 aromatic rings. The van der Waals surface area contributed by atoms with E-state index in [0.717, 1.165) is 6.42 Å². The van der Waals surface area contributed by atoms with Gasteiger partial charge in [0.25, 0.3) is 11.8 Å². The van der Waals surface area contributed by atoms with E-state index < -0.39 is 11.8 Å². The molecule has 1 aliphatic heterocycles. The maximum absolute atomic E-state index is 13.2. The molecule has 1 saturated heterocycles. The van der Waals surface area contributed by atoms with Crippen molar-refractivity contribution in [1.29, 1.82) is 0 Å². The fourth-order valence-electron chi connectivity index (χ4n) is 3.21. The summed E-state index contributed by atoms with van der Waals surface area (Å²) in [5.74, 6) is 0.932. The number of carbonyl (C=O) groups is 2. The number of hydrogen-bond acceptors (Lipinski definition) is 5. The Bertz CT molecular complexity index is 1250. The molecule has 3 aromatic carbocycles. The SMILES string of the molecule is CC/C=C/Oc1ccc(/C=C2\C(=O)NC(=S)N(c3ccc(Oc4ccccc4)cc3)C2=O)cc1. The van der Waals surface area contributed by atoms with Crippen molar-refractivity contribution in [2.24, 2.45) is 0 Å². The highest BCUT2D eigenvalue weighted by atomic mass is 32.1. The number of benzene rings is 3. The quantitative estimate of drug-likeness (QED) is 0.210. The van der Waals surface area contributed by atoms with Crippen LogP contribution in [0.1, 0.15) is 18.9 Å². The molecule has 0 unspecified atom stereocenters. The second-order valence-electron chi connectivity index (χ2n) is 7.33. The van der Waals surface area contributed by atoms with Crippen molar-refractivity contribution in [2.45, 2.75) is 13.3 Å². The van der Waals surface area contributed by atoms with Gasteiger partial charge in [-0.25, -0.2) is 0 Å². The molecule has 0 aromatic heterocycles. The van der Waals surface area contributed by atoms with Crippen LogP contribution in [0.15, 0.2) is 96.8 Å². The van der Waals surface area contributed by atoms with Crippen molar-refractivity contribution >= 4 is 40.9 Å². The summed E-state index contributed by atoms with van der Waals surface area (Å²) in [4.78, 5) is 27.0. The summed E-state index contributed by atoms with van der Waals surface area (Å²) in [6.45, 7) is 2.02. The zero-order valence-corrected chi connectivity index (χ0v) is 19.2. The minimum absolute atomic E-state index is 0.0160. The third kappa shape index (κ3) is 5.39. The molecule has 1 heterocycles. The lowest BCUT2D eigenvalue weighted by atomic mass is 10.1. The first-order valence-electron chi connectivity index (χ1n) is 10.7. The number of anilines is 1. The van der Waals surface area contributed by atoms with Crippen molar-refractivity contribution in [3.63, 3.8) is 0 Å². The number of nitrogens with zero attached hydrogens (tertiary/aromatic N) is 1. The van der Waals surface area contributed by atoms with Crippen LogP contribution >= 0.6 is 12.2 Å². The van der Waals surface area contributed by atoms with E-state index in [4.69, 9.17) is 21.7 Å². The van der Waals surface area contributed by atoms with Crippen LogP contribution in [0.25, 0.3) is 6.08 Å². The number of nitrogens with one attached hydrogen (secondary N) is 1. The third-order valence-electron chi connectivity index (χ3n) is 4.90. The number of amides is 2. The second kappa shape index (κ2) is 10.6. The van der Waals surface area contributed by atoms with Crippen LogP contribution in [0, 0.1) is 0 Å². The van der Waals surface area contributed by atoms with Crippen LogP contribution in [0.4, 0.5) is 5.69 Å². The van der Waals surface area contributed by atoms with Crippen molar-refractivity contribution in [2.75, 3.05) is 4.90 Å². The topological polar surface area (TPSA) is 67.9 Å². The zero-order valence-electron chi connectivity index (χ0n) is 18.4. The van der Waals surface area contributed by atoms with Gasteiger partial charge in [0, 0.05) is 0 Å². The molecule has 0 bridgehead atoms. The van der Waals surface area contributed by atoms with Crippen LogP contribution in [0.3, 0.4) is 0 Å². The van der Waals surface area contributed by atoms with E-state index >= 15 is 0 Å². The Balaban J connectivity index is 1.53. The minimum Gasteiger partial charge on any atom is -0.465 e. The van der Waals surface area contributed by atoms with Crippen molar-refractivity contribution in [3.05, 3.63) is 102 Å². The maximum Gasteiger partial charge on any atom is 0.270 e. The van der Waals surface area contributed by atoms with Crippen molar-refractivity contribution in [1.82, 2.24) is 5.32 Å². The molecule has 34 heavy (non-hydrogen) atoms. The van der Waals surface area contributed by atoms with Crippen LogP contribution in [-0.2, 0) is 9.59 Å². The zero-order chi connectivity index (χ0) is 23.9. The summed E-state index contributed by atoms with van der Waals surface area (Å²) in [5.41, 5.74) is 1.19. The Morgan fingerprint density at radius 2 is 1.53 bits per heavy atom. The predicted octanol–water partition coefficient (Wildman–Crippen LogP) is 5.61. The molecule has 1 fully saturated rings. The standard InChI is InChI=1S/C27H22N2O4S/c1-2-3-17-32-21-13-9-19(10-14-21)18-24-25(30)28-27(34)29(26(24)31)20-11-15-23(16-12-20)33-22-7-5-4-6-8-22/h3-18H,2H2,1H3,(H,28,30,34)/b17-3+,24-18+. The molecule has 0 saturated carbocycles. The van der Waals surface area contributed by atoms with Crippen LogP contribution in [-0.4, -0.2) is 16.9 Å². The number of rotatable bonds is 7. The molecular weight excluding hydrogens is 448 g/mol. The largest absolute Gasteiger partial charge is 0.465 e. The first-order chi connectivity index (χ1) is 16.5. The lowest BCUT2D eigenvalue weighted by Gasteiger charge is -2.29. The van der Waals surface area contributed by atoms with Gasteiger partial charge in [0.05, 0.1) is 11.9 Å². The summed E-state index contributed by atoms with van der Waals surface area (Å²) in [6.07, 6.45) is 5.94. The molecule has 2 amide bonds. The van der Waals surface area contributed by atoms with Gasteiger partial charge in [0.2, 0.25) is 0 Å². The summed E-state index contributed by atoms with van der Waals surface area (Å²) in [7, 11) is 0. The highest BCUT2D eigenvalue weighted by Gasteiger charge is 2.34. The Kier molecular flexibility index (Phi) is 7.15. The molecular formula is C27H22N2O4S. The molecule has 1 N–H and O–H groups in total. The van der Waals surface area contributed by atoms with Gasteiger partial charge in [-0.2, -0.15) is 0 Å². The molecule has 0 aliphatic carbocycles. The Labute approximate surface area is 203 Å². The van der Waals surface area contributed by atoms with Gasteiger partial charge >= 0.3 is 0 Å². The molecule has 6 nitrogen and oxygen atoms in total. The van der Waals surface area contributed by atoms with Crippen LogP contribution in [0.2, 0.25) is 0 Å². The summed E-state index contributed by atoms with van der Waals surface area (Å²) >= 11 is 5.28. The average molecular weight is 471 g/mol. The normalized spacial score (nSPS) is 15.0. The molecule has 1 aliphatic rings. The molecule has 170 valence electrons. The molecule has 0 spiro atoms. The number of ether oxygens (including phenoxy) is 2. The number of para-hydroxylation sites is 1. The Morgan fingerprint density at radius 3 is 2.21 bits per heavy atom. The van der Waals surface area contributed by atoms with Crippen molar-refractivity contribution < 1.29 is 19.1 Å². The smallest absolute Gasteiger partial charge is 0.270 e. The first kappa shape index (κ1) is 22.9. The lowest BCUT2D eigenvalue weighted by Crippen LogP contribution is -2.54. The van der Waals surface area contributed by atoms with E-state index in [1.807, 2.05) is 43.3 Å². The van der Waals surface area contributed by atoms with E-state index in [0.29, 0.717) is 28.5 Å². The molecule has 0 atom stereocenters. The maximum atomic E-state index is 13.2. The number of thiocarbonyl (C=S) groups is 1. The van der Waals surface area contributed by atoms with Gasteiger partial charge in [-0.15, -0.1) is 0 Å². The summed E-state index contributed by atoms with van der Waals surface area (Å²) < 4.78 is 11.3. The van der Waals surface area contributed by atoms with Crippen molar-refractivity contribution in [3.8, 4) is 17.2 Å². The van der Waals surface area contributed by atoms with Gasteiger partial charge in [-0.1, -0.05) is 37.3 Å². The van der Waals surface area contributed by atoms with E-state index in [9.17, 15) is 9.59 Å².